The Morgan fingerprint density at radius 1 is 1.08 bits per heavy atom. The van der Waals surface area contributed by atoms with E-state index in [1.54, 1.807) is 0 Å². The average Bonchev–Trinajstić information content (AvgIpc) is 2.60. The molecule has 2 aromatic carbocycles. The van der Waals surface area contributed by atoms with Crippen LogP contribution in [0.5, 0.6) is 11.5 Å². The summed E-state index contributed by atoms with van der Waals surface area (Å²) in [4.78, 5) is 12.6. The molecule has 0 aliphatic carbocycles. The summed E-state index contributed by atoms with van der Waals surface area (Å²) in [5.74, 6) is 1.44. The van der Waals surface area contributed by atoms with E-state index in [9.17, 15) is 4.79 Å². The Morgan fingerprint density at radius 2 is 1.80 bits per heavy atom. The van der Waals surface area contributed by atoms with E-state index < -0.39 is 6.10 Å². The number of hydrogen-bond acceptors (Lipinski definition) is 3. The first-order chi connectivity index (χ1) is 12.0. The molecule has 0 bridgehead atoms. The summed E-state index contributed by atoms with van der Waals surface area (Å²) < 4.78 is 11.3. The van der Waals surface area contributed by atoms with Crippen LogP contribution < -0.4 is 14.8 Å². The van der Waals surface area contributed by atoms with Gasteiger partial charge in [0.2, 0.25) is 0 Å². The fraction of sp³-hybridized carbons (Fsp3) is 0.381. The van der Waals surface area contributed by atoms with E-state index in [1.807, 2.05) is 76.2 Å². The Bertz CT molecular complexity index is 682. The standard InChI is InChI=1S/C21H27NO3/c1-5-20(25-19-9-7-8-15(3)14-19)21(23)22-16(4)17-10-12-18(13-11-17)24-6-2/h7-14,16,20H,5-6H2,1-4H3,(H,22,23)/t16-,20+/m0/s1. The van der Waals surface area contributed by atoms with Gasteiger partial charge in [-0.2, -0.15) is 0 Å². The molecule has 1 amide bonds. The van der Waals surface area contributed by atoms with Crippen molar-refractivity contribution in [1.82, 2.24) is 5.32 Å². The molecule has 0 radical (unpaired) electrons. The molecule has 0 saturated heterocycles. The molecule has 0 aromatic heterocycles. The topological polar surface area (TPSA) is 47.6 Å². The molecule has 0 heterocycles. The van der Waals surface area contributed by atoms with Crippen molar-refractivity contribution in [2.24, 2.45) is 0 Å². The van der Waals surface area contributed by atoms with Crippen molar-refractivity contribution in [3.63, 3.8) is 0 Å². The molecule has 2 aromatic rings. The van der Waals surface area contributed by atoms with Gasteiger partial charge in [-0.25, -0.2) is 0 Å². The minimum Gasteiger partial charge on any atom is -0.494 e. The number of amides is 1. The lowest BCUT2D eigenvalue weighted by Crippen LogP contribution is -2.39. The molecule has 1 N–H and O–H groups in total. The van der Waals surface area contributed by atoms with Crippen molar-refractivity contribution < 1.29 is 14.3 Å². The highest BCUT2D eigenvalue weighted by Gasteiger charge is 2.20. The van der Waals surface area contributed by atoms with Crippen LogP contribution >= 0.6 is 0 Å². The van der Waals surface area contributed by atoms with Crippen molar-refractivity contribution >= 4 is 5.91 Å². The number of hydrogen-bond donors (Lipinski definition) is 1. The number of aryl methyl sites for hydroxylation is 1. The molecule has 0 spiro atoms. The van der Waals surface area contributed by atoms with E-state index in [4.69, 9.17) is 9.47 Å². The van der Waals surface area contributed by atoms with Gasteiger partial charge in [0.15, 0.2) is 6.10 Å². The maximum atomic E-state index is 12.6. The predicted molar refractivity (Wildman–Crippen MR) is 100 cm³/mol. The van der Waals surface area contributed by atoms with Gasteiger partial charge in [-0.05, 0) is 62.6 Å². The Kier molecular flexibility index (Phi) is 6.87. The molecule has 4 heteroatoms. The first-order valence-electron chi connectivity index (χ1n) is 8.80. The first kappa shape index (κ1) is 18.8. The van der Waals surface area contributed by atoms with Crippen LogP contribution in [0.15, 0.2) is 48.5 Å². The van der Waals surface area contributed by atoms with E-state index in [-0.39, 0.29) is 11.9 Å². The zero-order valence-corrected chi connectivity index (χ0v) is 15.4. The lowest BCUT2D eigenvalue weighted by Gasteiger charge is -2.21. The SMILES string of the molecule is CCOc1ccc([C@H](C)NC(=O)[C@@H](CC)Oc2cccc(C)c2)cc1. The lowest BCUT2D eigenvalue weighted by atomic mass is 10.1. The molecule has 134 valence electrons. The van der Waals surface area contributed by atoms with Crippen molar-refractivity contribution in [2.45, 2.75) is 46.3 Å². The van der Waals surface area contributed by atoms with E-state index in [2.05, 4.69) is 5.32 Å². The summed E-state index contributed by atoms with van der Waals surface area (Å²) in [5, 5.41) is 3.03. The number of rotatable bonds is 8. The molecule has 25 heavy (non-hydrogen) atoms. The van der Waals surface area contributed by atoms with Crippen molar-refractivity contribution in [3.8, 4) is 11.5 Å². The number of ether oxygens (including phenoxy) is 2. The maximum absolute atomic E-state index is 12.6. The van der Waals surface area contributed by atoms with Crippen LogP contribution in [0.3, 0.4) is 0 Å². The van der Waals surface area contributed by atoms with Crippen molar-refractivity contribution in [3.05, 3.63) is 59.7 Å². The highest BCUT2D eigenvalue weighted by molar-refractivity contribution is 5.81. The summed E-state index contributed by atoms with van der Waals surface area (Å²) in [5.41, 5.74) is 2.14. The zero-order chi connectivity index (χ0) is 18.2. The highest BCUT2D eigenvalue weighted by atomic mass is 16.5. The molecule has 0 saturated carbocycles. The van der Waals surface area contributed by atoms with Crippen LogP contribution in [0.1, 0.15) is 44.4 Å². The smallest absolute Gasteiger partial charge is 0.261 e. The van der Waals surface area contributed by atoms with Gasteiger partial charge in [0.05, 0.1) is 12.6 Å². The quantitative estimate of drug-likeness (QED) is 0.773. The normalized spacial score (nSPS) is 13.0. The third kappa shape index (κ3) is 5.52. The Balaban J connectivity index is 1.98. The number of nitrogens with one attached hydrogen (secondary N) is 1. The molecule has 2 rings (SSSR count). The van der Waals surface area contributed by atoms with Gasteiger partial charge in [0.25, 0.3) is 5.91 Å². The summed E-state index contributed by atoms with van der Waals surface area (Å²) >= 11 is 0. The fourth-order valence-electron chi connectivity index (χ4n) is 2.58. The molecule has 0 fully saturated rings. The number of carbonyl (C=O) groups is 1. The van der Waals surface area contributed by atoms with Crippen LogP contribution in [0.2, 0.25) is 0 Å². The van der Waals surface area contributed by atoms with Crippen LogP contribution in [0.4, 0.5) is 0 Å². The Hall–Kier alpha value is -2.49. The summed E-state index contributed by atoms with van der Waals surface area (Å²) in [6.45, 7) is 8.51. The molecular weight excluding hydrogens is 314 g/mol. The molecule has 0 aliphatic rings. The second-order valence-corrected chi connectivity index (χ2v) is 6.06. The summed E-state index contributed by atoms with van der Waals surface area (Å²) in [7, 11) is 0. The van der Waals surface area contributed by atoms with E-state index in [1.165, 1.54) is 0 Å². The third-order valence-electron chi connectivity index (χ3n) is 3.98. The van der Waals surface area contributed by atoms with Gasteiger partial charge in [-0.3, -0.25) is 4.79 Å². The summed E-state index contributed by atoms with van der Waals surface area (Å²) in [6.07, 6.45) is 0.0995. The van der Waals surface area contributed by atoms with Crippen LogP contribution in [0, 0.1) is 6.92 Å². The average molecular weight is 341 g/mol. The minimum absolute atomic E-state index is 0.0988. The monoisotopic (exact) mass is 341 g/mol. The van der Waals surface area contributed by atoms with Crippen LogP contribution in [-0.2, 0) is 4.79 Å². The van der Waals surface area contributed by atoms with E-state index >= 15 is 0 Å². The Labute approximate surface area is 150 Å². The lowest BCUT2D eigenvalue weighted by molar-refractivity contribution is -0.128. The molecular formula is C21H27NO3. The number of benzene rings is 2. The molecule has 0 aliphatic heterocycles. The molecule has 4 nitrogen and oxygen atoms in total. The minimum atomic E-state index is -0.507. The molecule has 0 unspecified atom stereocenters. The van der Waals surface area contributed by atoms with Crippen LogP contribution in [-0.4, -0.2) is 18.6 Å². The number of carbonyl (C=O) groups excluding carboxylic acids is 1. The van der Waals surface area contributed by atoms with E-state index in [0.717, 1.165) is 22.6 Å². The zero-order valence-electron chi connectivity index (χ0n) is 15.4. The Morgan fingerprint density at radius 3 is 2.40 bits per heavy atom. The van der Waals surface area contributed by atoms with Crippen LogP contribution in [0.25, 0.3) is 0 Å². The second-order valence-electron chi connectivity index (χ2n) is 6.06. The molecule has 2 atom stereocenters. The van der Waals surface area contributed by atoms with Gasteiger partial charge >= 0.3 is 0 Å². The fourth-order valence-corrected chi connectivity index (χ4v) is 2.58. The van der Waals surface area contributed by atoms with Gasteiger partial charge in [0.1, 0.15) is 11.5 Å². The van der Waals surface area contributed by atoms with E-state index in [0.29, 0.717) is 13.0 Å². The summed E-state index contributed by atoms with van der Waals surface area (Å²) in [6, 6.07) is 15.4. The van der Waals surface area contributed by atoms with Gasteiger partial charge in [-0.1, -0.05) is 31.2 Å². The first-order valence-corrected chi connectivity index (χ1v) is 8.80. The van der Waals surface area contributed by atoms with Gasteiger partial charge < -0.3 is 14.8 Å². The maximum Gasteiger partial charge on any atom is 0.261 e. The van der Waals surface area contributed by atoms with Gasteiger partial charge in [0, 0.05) is 0 Å². The van der Waals surface area contributed by atoms with Crippen molar-refractivity contribution in [1.29, 1.82) is 0 Å². The largest absolute Gasteiger partial charge is 0.494 e. The predicted octanol–water partition coefficient (Wildman–Crippen LogP) is 4.43. The van der Waals surface area contributed by atoms with Gasteiger partial charge in [-0.15, -0.1) is 0 Å². The highest BCUT2D eigenvalue weighted by Crippen LogP contribution is 2.19. The second kappa shape index (κ2) is 9.11. The van der Waals surface area contributed by atoms with Crippen molar-refractivity contribution in [2.75, 3.05) is 6.61 Å². The third-order valence-corrected chi connectivity index (χ3v) is 3.98.